The molecule has 0 saturated heterocycles. The summed E-state index contributed by atoms with van der Waals surface area (Å²) in [6, 6.07) is 5.75. The molecule has 0 aliphatic rings. The first-order valence-electron chi connectivity index (χ1n) is 6.37. The maximum absolute atomic E-state index is 11.6. The van der Waals surface area contributed by atoms with Gasteiger partial charge in [-0.1, -0.05) is 18.2 Å². The molecule has 0 saturated carbocycles. The first kappa shape index (κ1) is 15.6. The maximum Gasteiger partial charge on any atom is 0.273 e. The van der Waals surface area contributed by atoms with Crippen LogP contribution in [0.2, 0.25) is 0 Å². The minimum atomic E-state index is -3.94. The topological polar surface area (TPSA) is 100 Å². The fourth-order valence-corrected chi connectivity index (χ4v) is 2.72. The van der Waals surface area contributed by atoms with E-state index >= 15 is 0 Å². The van der Waals surface area contributed by atoms with E-state index in [-0.39, 0.29) is 5.16 Å². The molecule has 1 aromatic carbocycles. The highest BCUT2D eigenvalue weighted by Gasteiger charge is 2.22. The Bertz CT molecular complexity index is 753. The number of benzene rings is 1. The summed E-state index contributed by atoms with van der Waals surface area (Å²) in [6.07, 6.45) is 0. The first-order valence-corrected chi connectivity index (χ1v) is 7.92. The highest BCUT2D eigenvalue weighted by Crippen LogP contribution is 2.25. The van der Waals surface area contributed by atoms with Crippen LogP contribution >= 0.6 is 0 Å². The van der Waals surface area contributed by atoms with E-state index in [1.54, 1.807) is 7.11 Å². The van der Waals surface area contributed by atoms with E-state index in [1.165, 1.54) is 4.57 Å². The van der Waals surface area contributed by atoms with Gasteiger partial charge in [0.1, 0.15) is 0 Å². The van der Waals surface area contributed by atoms with E-state index in [0.717, 1.165) is 16.7 Å². The number of nitrogens with two attached hydrogens (primary N) is 1. The van der Waals surface area contributed by atoms with Crippen molar-refractivity contribution in [3.05, 3.63) is 29.3 Å². The van der Waals surface area contributed by atoms with Crippen LogP contribution in [0.25, 0.3) is 11.4 Å². The van der Waals surface area contributed by atoms with Crippen molar-refractivity contribution in [2.24, 2.45) is 5.14 Å². The van der Waals surface area contributed by atoms with Gasteiger partial charge in [-0.3, -0.25) is 4.57 Å². The van der Waals surface area contributed by atoms with Gasteiger partial charge in [0.2, 0.25) is 0 Å². The number of aromatic nitrogens is 3. The maximum atomic E-state index is 11.6. The van der Waals surface area contributed by atoms with Gasteiger partial charge in [0, 0.05) is 12.7 Å². The summed E-state index contributed by atoms with van der Waals surface area (Å²) < 4.78 is 29.7. The third-order valence-corrected chi connectivity index (χ3v) is 4.15. The van der Waals surface area contributed by atoms with Gasteiger partial charge in [-0.2, -0.15) is 0 Å². The lowest BCUT2D eigenvalue weighted by atomic mass is 10.0. The van der Waals surface area contributed by atoms with Gasteiger partial charge < -0.3 is 4.74 Å². The minimum absolute atomic E-state index is 0.254. The van der Waals surface area contributed by atoms with E-state index in [0.29, 0.717) is 19.0 Å². The normalized spacial score (nSPS) is 11.8. The molecule has 114 valence electrons. The fraction of sp³-hybridized carbons (Fsp3) is 0.385. The smallest absolute Gasteiger partial charge is 0.273 e. The summed E-state index contributed by atoms with van der Waals surface area (Å²) >= 11 is 0. The van der Waals surface area contributed by atoms with Crippen LogP contribution in [0.5, 0.6) is 0 Å². The van der Waals surface area contributed by atoms with Crippen LogP contribution in [0, 0.1) is 13.8 Å². The van der Waals surface area contributed by atoms with Crippen LogP contribution in [0.4, 0.5) is 0 Å². The van der Waals surface area contributed by atoms with E-state index in [9.17, 15) is 8.42 Å². The van der Waals surface area contributed by atoms with Crippen molar-refractivity contribution in [2.75, 3.05) is 13.7 Å². The summed E-state index contributed by atoms with van der Waals surface area (Å²) in [5.41, 5.74) is 2.93. The van der Waals surface area contributed by atoms with E-state index in [4.69, 9.17) is 9.88 Å². The molecule has 2 aromatic rings. The second kappa shape index (κ2) is 5.92. The summed E-state index contributed by atoms with van der Waals surface area (Å²) in [5.74, 6) is 0.470. The first-order chi connectivity index (χ1) is 9.86. The number of nitrogens with zero attached hydrogens (tertiary/aromatic N) is 3. The third-order valence-electron chi connectivity index (χ3n) is 3.34. The molecule has 0 fully saturated rings. The van der Waals surface area contributed by atoms with Gasteiger partial charge in [-0.15, -0.1) is 10.2 Å². The summed E-state index contributed by atoms with van der Waals surface area (Å²) in [5, 5.41) is 12.7. The van der Waals surface area contributed by atoms with Crippen LogP contribution < -0.4 is 5.14 Å². The zero-order valence-electron chi connectivity index (χ0n) is 12.2. The number of rotatable bonds is 5. The van der Waals surface area contributed by atoms with E-state index in [2.05, 4.69) is 10.2 Å². The van der Waals surface area contributed by atoms with Crippen molar-refractivity contribution in [1.82, 2.24) is 14.8 Å². The SMILES string of the molecule is COCCn1c(-c2cccc(C)c2C)nnc1S(N)(=O)=O. The monoisotopic (exact) mass is 310 g/mol. The minimum Gasteiger partial charge on any atom is -0.383 e. The molecule has 21 heavy (non-hydrogen) atoms. The molecule has 0 aliphatic heterocycles. The summed E-state index contributed by atoms with van der Waals surface area (Å²) in [7, 11) is -2.40. The lowest BCUT2D eigenvalue weighted by Gasteiger charge is -2.11. The summed E-state index contributed by atoms with van der Waals surface area (Å²) in [4.78, 5) is 0. The molecular formula is C13H18N4O3S. The molecule has 2 rings (SSSR count). The van der Waals surface area contributed by atoms with Gasteiger partial charge in [0.15, 0.2) is 5.82 Å². The molecule has 1 heterocycles. The van der Waals surface area contributed by atoms with E-state index < -0.39 is 10.0 Å². The molecule has 0 spiro atoms. The Morgan fingerprint density at radius 2 is 2.00 bits per heavy atom. The number of hydrogen-bond acceptors (Lipinski definition) is 5. The Labute approximate surface area is 123 Å². The zero-order valence-corrected chi connectivity index (χ0v) is 13.0. The van der Waals surface area contributed by atoms with Gasteiger partial charge in [0.05, 0.1) is 13.2 Å². The Kier molecular flexibility index (Phi) is 4.40. The quantitative estimate of drug-likeness (QED) is 0.882. The van der Waals surface area contributed by atoms with Crippen LogP contribution in [0.3, 0.4) is 0 Å². The molecule has 0 aliphatic carbocycles. The van der Waals surface area contributed by atoms with Crippen molar-refractivity contribution in [2.45, 2.75) is 25.5 Å². The van der Waals surface area contributed by atoms with Crippen LogP contribution in [0.1, 0.15) is 11.1 Å². The molecule has 0 amide bonds. The molecule has 0 atom stereocenters. The van der Waals surface area contributed by atoms with Gasteiger partial charge >= 0.3 is 0 Å². The Morgan fingerprint density at radius 3 is 2.62 bits per heavy atom. The molecule has 8 heteroatoms. The van der Waals surface area contributed by atoms with Gasteiger partial charge in [-0.05, 0) is 25.0 Å². The lowest BCUT2D eigenvalue weighted by molar-refractivity contribution is 0.185. The third kappa shape index (κ3) is 3.12. The number of ether oxygens (including phenoxy) is 1. The Hall–Kier alpha value is -1.77. The van der Waals surface area contributed by atoms with Crippen LogP contribution in [0.15, 0.2) is 23.4 Å². The van der Waals surface area contributed by atoms with Crippen molar-refractivity contribution >= 4 is 10.0 Å². The fourth-order valence-electron chi connectivity index (χ4n) is 2.08. The van der Waals surface area contributed by atoms with Crippen molar-refractivity contribution in [1.29, 1.82) is 0 Å². The van der Waals surface area contributed by atoms with Crippen LogP contribution in [-0.4, -0.2) is 36.9 Å². The van der Waals surface area contributed by atoms with Crippen molar-refractivity contribution in [3.63, 3.8) is 0 Å². The molecule has 1 aromatic heterocycles. The van der Waals surface area contributed by atoms with Crippen LogP contribution in [-0.2, 0) is 21.3 Å². The van der Waals surface area contributed by atoms with Crippen molar-refractivity contribution in [3.8, 4) is 11.4 Å². The van der Waals surface area contributed by atoms with E-state index in [1.807, 2.05) is 32.0 Å². The second-order valence-electron chi connectivity index (χ2n) is 4.74. The average molecular weight is 310 g/mol. The Balaban J connectivity index is 2.64. The second-order valence-corrected chi connectivity index (χ2v) is 6.20. The molecule has 0 radical (unpaired) electrons. The zero-order chi connectivity index (χ0) is 15.6. The standard InChI is InChI=1S/C13H18N4O3S/c1-9-5-4-6-11(10(9)2)12-15-16-13(21(14,18)19)17(12)7-8-20-3/h4-6H,7-8H2,1-3H3,(H2,14,18,19). The Morgan fingerprint density at radius 1 is 1.29 bits per heavy atom. The molecule has 0 unspecified atom stereocenters. The number of hydrogen-bond donors (Lipinski definition) is 1. The predicted molar refractivity (Wildman–Crippen MR) is 78.2 cm³/mol. The highest BCUT2D eigenvalue weighted by molar-refractivity contribution is 7.89. The van der Waals surface area contributed by atoms with Gasteiger partial charge in [-0.25, -0.2) is 13.6 Å². The lowest BCUT2D eigenvalue weighted by Crippen LogP contribution is -2.20. The molecule has 7 nitrogen and oxygen atoms in total. The summed E-state index contributed by atoms with van der Waals surface area (Å²) in [6.45, 7) is 4.57. The number of methoxy groups -OCH3 is 1. The molecule has 0 bridgehead atoms. The molecule has 2 N–H and O–H groups in total. The predicted octanol–water partition coefficient (Wildman–Crippen LogP) is 0.856. The van der Waals surface area contributed by atoms with Crippen molar-refractivity contribution < 1.29 is 13.2 Å². The highest BCUT2D eigenvalue weighted by atomic mass is 32.2. The number of primary sulfonamides is 1. The largest absolute Gasteiger partial charge is 0.383 e. The molecular weight excluding hydrogens is 292 g/mol. The number of sulfonamides is 1. The average Bonchev–Trinajstić information content (AvgIpc) is 2.83. The number of aryl methyl sites for hydroxylation is 1. The van der Waals surface area contributed by atoms with Gasteiger partial charge in [0.25, 0.3) is 15.2 Å².